The van der Waals surface area contributed by atoms with Gasteiger partial charge in [0.2, 0.25) is 16.9 Å². The summed E-state index contributed by atoms with van der Waals surface area (Å²) in [6.07, 6.45) is 0.00405. The van der Waals surface area contributed by atoms with Crippen molar-refractivity contribution in [3.05, 3.63) is 54.3 Å². The Balaban J connectivity index is 1.45. The molecule has 2 heterocycles. The molecular formula is C19H15FN4O2S2. The lowest BCUT2D eigenvalue weighted by molar-refractivity contribution is -0.127. The number of thiazole rings is 1. The fraction of sp³-hybridized carbons (Fsp3) is 0.158. The van der Waals surface area contributed by atoms with Gasteiger partial charge in [-0.3, -0.25) is 14.5 Å². The van der Waals surface area contributed by atoms with Crippen LogP contribution in [-0.4, -0.2) is 39.2 Å². The molecular weight excluding hydrogens is 399 g/mol. The van der Waals surface area contributed by atoms with Gasteiger partial charge in [0.1, 0.15) is 11.1 Å². The highest BCUT2D eigenvalue weighted by Gasteiger charge is 2.37. The lowest BCUT2D eigenvalue weighted by Gasteiger charge is -2.09. The van der Waals surface area contributed by atoms with Gasteiger partial charge in [0.25, 0.3) is 0 Å². The zero-order valence-electron chi connectivity index (χ0n) is 14.8. The molecule has 2 aromatic carbocycles. The minimum absolute atomic E-state index is 0.00405. The van der Waals surface area contributed by atoms with E-state index in [1.165, 1.54) is 52.3 Å². The molecule has 0 radical (unpaired) electrons. The SMILES string of the molecule is CN1C(=O)C(CC(=O)Nc2ccc(F)cc2)S/C1=N\c1nc2ccccc2s1. The molecule has 1 N–H and O–H groups in total. The number of aromatic nitrogens is 1. The third-order valence-electron chi connectivity index (χ3n) is 4.11. The standard InChI is InChI=1S/C19H15FN4O2S2/c1-24-17(26)15(10-16(25)21-12-8-6-11(20)7-9-12)28-19(24)23-18-22-13-4-2-3-5-14(13)27-18/h2-9,15H,10H2,1H3,(H,21,25)/b23-19-. The number of hydrogen-bond acceptors (Lipinski definition) is 6. The highest BCUT2D eigenvalue weighted by Crippen LogP contribution is 2.33. The van der Waals surface area contributed by atoms with Gasteiger partial charge in [-0.1, -0.05) is 35.2 Å². The number of thioether (sulfide) groups is 1. The van der Waals surface area contributed by atoms with Crippen LogP contribution < -0.4 is 5.32 Å². The van der Waals surface area contributed by atoms with Crippen molar-refractivity contribution in [2.45, 2.75) is 11.7 Å². The average molecular weight is 414 g/mol. The molecule has 1 atom stereocenters. The van der Waals surface area contributed by atoms with E-state index in [1.54, 1.807) is 7.05 Å². The molecule has 1 aliphatic rings. The maximum atomic E-state index is 13.0. The first-order valence-electron chi connectivity index (χ1n) is 8.43. The Morgan fingerprint density at radius 3 is 2.75 bits per heavy atom. The van der Waals surface area contributed by atoms with Crippen molar-refractivity contribution >= 4 is 61.1 Å². The summed E-state index contributed by atoms with van der Waals surface area (Å²) >= 11 is 2.69. The van der Waals surface area contributed by atoms with Crippen molar-refractivity contribution in [3.8, 4) is 0 Å². The first-order valence-corrected chi connectivity index (χ1v) is 10.1. The van der Waals surface area contributed by atoms with Crippen LogP contribution in [-0.2, 0) is 9.59 Å². The predicted molar refractivity (Wildman–Crippen MR) is 111 cm³/mol. The number of amides is 2. The Labute approximate surface area is 168 Å². The normalized spacial score (nSPS) is 18.2. The molecule has 0 saturated carbocycles. The number of aliphatic imine (C=N–C) groups is 1. The molecule has 0 aliphatic carbocycles. The summed E-state index contributed by atoms with van der Waals surface area (Å²) < 4.78 is 14.0. The molecule has 9 heteroatoms. The van der Waals surface area contributed by atoms with Gasteiger partial charge in [-0.05, 0) is 36.4 Å². The van der Waals surface area contributed by atoms with Gasteiger partial charge in [0.15, 0.2) is 5.17 Å². The monoisotopic (exact) mass is 414 g/mol. The molecule has 3 aromatic rings. The van der Waals surface area contributed by atoms with Crippen molar-refractivity contribution in [3.63, 3.8) is 0 Å². The van der Waals surface area contributed by atoms with E-state index in [4.69, 9.17) is 0 Å². The summed E-state index contributed by atoms with van der Waals surface area (Å²) in [6.45, 7) is 0. The van der Waals surface area contributed by atoms with Crippen LogP contribution in [0.3, 0.4) is 0 Å². The number of amidine groups is 1. The Kier molecular flexibility index (Phi) is 5.10. The number of carbonyl (C=O) groups excluding carboxylic acids is 2. The van der Waals surface area contributed by atoms with E-state index in [1.807, 2.05) is 24.3 Å². The zero-order chi connectivity index (χ0) is 19.7. The fourth-order valence-electron chi connectivity index (χ4n) is 2.70. The second-order valence-electron chi connectivity index (χ2n) is 6.12. The van der Waals surface area contributed by atoms with E-state index >= 15 is 0 Å². The third kappa shape index (κ3) is 3.90. The quantitative estimate of drug-likeness (QED) is 0.700. The van der Waals surface area contributed by atoms with Gasteiger partial charge in [0.05, 0.1) is 10.2 Å². The lowest BCUT2D eigenvalue weighted by atomic mass is 10.2. The van der Waals surface area contributed by atoms with Crippen LogP contribution in [0.2, 0.25) is 0 Å². The third-order valence-corrected chi connectivity index (χ3v) is 6.27. The molecule has 0 spiro atoms. The number of anilines is 1. The van der Waals surface area contributed by atoms with Crippen molar-refractivity contribution < 1.29 is 14.0 Å². The summed E-state index contributed by atoms with van der Waals surface area (Å²) in [7, 11) is 1.64. The van der Waals surface area contributed by atoms with Crippen molar-refractivity contribution in [1.82, 2.24) is 9.88 Å². The Morgan fingerprint density at radius 1 is 1.25 bits per heavy atom. The van der Waals surface area contributed by atoms with E-state index in [9.17, 15) is 14.0 Å². The second kappa shape index (κ2) is 7.69. The van der Waals surface area contributed by atoms with Crippen LogP contribution in [0, 0.1) is 5.82 Å². The molecule has 2 amide bonds. The first kappa shape index (κ1) is 18.6. The van der Waals surface area contributed by atoms with Crippen LogP contribution in [0.1, 0.15) is 6.42 Å². The molecule has 4 rings (SSSR count). The molecule has 0 bridgehead atoms. The summed E-state index contributed by atoms with van der Waals surface area (Å²) in [4.78, 5) is 35.1. The fourth-order valence-corrected chi connectivity index (χ4v) is 4.73. The molecule has 142 valence electrons. The highest BCUT2D eigenvalue weighted by molar-refractivity contribution is 8.15. The Hall–Kier alpha value is -2.78. The molecule has 28 heavy (non-hydrogen) atoms. The van der Waals surface area contributed by atoms with Crippen LogP contribution in [0.25, 0.3) is 10.2 Å². The number of benzene rings is 2. The van der Waals surface area contributed by atoms with Gasteiger partial charge < -0.3 is 5.32 Å². The van der Waals surface area contributed by atoms with Crippen molar-refractivity contribution in [2.75, 3.05) is 12.4 Å². The minimum Gasteiger partial charge on any atom is -0.326 e. The molecule has 1 unspecified atom stereocenters. The summed E-state index contributed by atoms with van der Waals surface area (Å²) in [5.74, 6) is -0.872. The Morgan fingerprint density at radius 2 is 2.00 bits per heavy atom. The van der Waals surface area contributed by atoms with E-state index in [-0.39, 0.29) is 24.1 Å². The smallest absolute Gasteiger partial charge is 0.242 e. The number of nitrogens with zero attached hydrogens (tertiary/aromatic N) is 3. The van der Waals surface area contributed by atoms with Gasteiger partial charge >= 0.3 is 0 Å². The number of rotatable bonds is 4. The first-order chi connectivity index (χ1) is 13.5. The summed E-state index contributed by atoms with van der Waals surface area (Å²) in [5.41, 5.74) is 1.35. The maximum absolute atomic E-state index is 13.0. The van der Waals surface area contributed by atoms with Crippen LogP contribution in [0.4, 0.5) is 15.2 Å². The van der Waals surface area contributed by atoms with Crippen molar-refractivity contribution in [1.29, 1.82) is 0 Å². The number of halogens is 1. The largest absolute Gasteiger partial charge is 0.326 e. The summed E-state index contributed by atoms with van der Waals surface area (Å²) in [6, 6.07) is 13.2. The highest BCUT2D eigenvalue weighted by atomic mass is 32.2. The van der Waals surface area contributed by atoms with Crippen LogP contribution in [0.15, 0.2) is 53.5 Å². The molecule has 6 nitrogen and oxygen atoms in total. The zero-order valence-corrected chi connectivity index (χ0v) is 16.4. The Bertz CT molecular complexity index is 1050. The van der Waals surface area contributed by atoms with E-state index in [2.05, 4.69) is 15.3 Å². The van der Waals surface area contributed by atoms with Gasteiger partial charge in [-0.15, -0.1) is 0 Å². The maximum Gasteiger partial charge on any atom is 0.242 e. The topological polar surface area (TPSA) is 74.7 Å². The number of nitrogens with one attached hydrogen (secondary N) is 1. The predicted octanol–water partition coefficient (Wildman–Crippen LogP) is 4.03. The lowest BCUT2D eigenvalue weighted by Crippen LogP contribution is -2.30. The van der Waals surface area contributed by atoms with Crippen LogP contribution in [0.5, 0.6) is 0 Å². The van der Waals surface area contributed by atoms with E-state index in [0.29, 0.717) is 16.0 Å². The number of carbonyl (C=O) groups is 2. The molecule has 1 fully saturated rings. The number of hydrogen-bond donors (Lipinski definition) is 1. The molecule has 1 aromatic heterocycles. The van der Waals surface area contributed by atoms with Crippen LogP contribution >= 0.6 is 23.1 Å². The minimum atomic E-state index is -0.557. The van der Waals surface area contributed by atoms with Gasteiger partial charge in [-0.2, -0.15) is 4.99 Å². The molecule has 1 saturated heterocycles. The van der Waals surface area contributed by atoms with E-state index in [0.717, 1.165) is 10.2 Å². The number of para-hydroxylation sites is 1. The van der Waals surface area contributed by atoms with Crippen molar-refractivity contribution in [2.24, 2.45) is 4.99 Å². The summed E-state index contributed by atoms with van der Waals surface area (Å²) in [5, 5.41) is 3.20. The number of fused-ring (bicyclic) bond motifs is 1. The van der Waals surface area contributed by atoms with Gasteiger partial charge in [0, 0.05) is 19.2 Å². The molecule has 1 aliphatic heterocycles. The average Bonchev–Trinajstić information content (AvgIpc) is 3.20. The van der Waals surface area contributed by atoms with Gasteiger partial charge in [-0.25, -0.2) is 9.37 Å². The second-order valence-corrected chi connectivity index (χ2v) is 8.30. The van der Waals surface area contributed by atoms with E-state index < -0.39 is 5.25 Å².